The number of carbonyl (C=O) groups excluding carboxylic acids is 1. The highest BCUT2D eigenvalue weighted by molar-refractivity contribution is 5.93. The van der Waals surface area contributed by atoms with E-state index in [2.05, 4.69) is 14.9 Å². The lowest BCUT2D eigenvalue weighted by Crippen LogP contribution is -2.47. The quantitative estimate of drug-likeness (QED) is 0.813. The zero-order chi connectivity index (χ0) is 18.6. The van der Waals surface area contributed by atoms with Gasteiger partial charge in [-0.3, -0.25) is 4.79 Å². The standard InChI is InChI=1S/C19H22FN5O2/c20-15-3-1-2-4-17(15)23-5-7-24(8-6-23)18-13-16(21-14-22-18)19(26)25-9-11-27-12-10-25/h1-4,13-14H,5-12H2. The lowest BCUT2D eigenvalue weighted by molar-refractivity contribution is 0.0299. The van der Waals surface area contributed by atoms with Gasteiger partial charge in [-0.25, -0.2) is 14.4 Å². The molecule has 0 N–H and O–H groups in total. The number of benzene rings is 1. The first-order chi connectivity index (χ1) is 13.2. The van der Waals surface area contributed by atoms with Crippen LogP contribution in [0.1, 0.15) is 10.5 Å². The third-order valence-corrected chi connectivity index (χ3v) is 4.97. The van der Waals surface area contributed by atoms with Gasteiger partial charge in [0.2, 0.25) is 0 Å². The second-order valence-corrected chi connectivity index (χ2v) is 6.59. The maximum atomic E-state index is 14.0. The lowest BCUT2D eigenvalue weighted by atomic mass is 10.2. The Bertz CT molecular complexity index is 804. The second-order valence-electron chi connectivity index (χ2n) is 6.59. The fourth-order valence-electron chi connectivity index (χ4n) is 3.45. The van der Waals surface area contributed by atoms with Crippen LogP contribution in [0.5, 0.6) is 0 Å². The molecule has 0 atom stereocenters. The van der Waals surface area contributed by atoms with Crippen LogP contribution in [-0.2, 0) is 4.74 Å². The predicted octanol–water partition coefficient (Wildman–Crippen LogP) is 1.41. The smallest absolute Gasteiger partial charge is 0.272 e. The van der Waals surface area contributed by atoms with E-state index in [-0.39, 0.29) is 11.7 Å². The third kappa shape index (κ3) is 3.85. The number of halogens is 1. The maximum Gasteiger partial charge on any atom is 0.272 e. The van der Waals surface area contributed by atoms with Crippen molar-refractivity contribution >= 4 is 17.4 Å². The second kappa shape index (κ2) is 7.87. The summed E-state index contributed by atoms with van der Waals surface area (Å²) in [6, 6.07) is 8.57. The molecular formula is C19H22FN5O2. The van der Waals surface area contributed by atoms with Crippen molar-refractivity contribution in [1.29, 1.82) is 0 Å². The topological polar surface area (TPSA) is 61.8 Å². The van der Waals surface area contributed by atoms with E-state index >= 15 is 0 Å². The summed E-state index contributed by atoms with van der Waals surface area (Å²) >= 11 is 0. The number of anilines is 2. The molecule has 2 fully saturated rings. The van der Waals surface area contributed by atoms with Gasteiger partial charge in [0.15, 0.2) is 0 Å². The number of nitrogens with zero attached hydrogens (tertiary/aromatic N) is 5. The molecule has 1 amide bonds. The minimum atomic E-state index is -0.202. The monoisotopic (exact) mass is 371 g/mol. The summed E-state index contributed by atoms with van der Waals surface area (Å²) in [6.45, 7) is 5.07. The van der Waals surface area contributed by atoms with Gasteiger partial charge in [-0.15, -0.1) is 0 Å². The molecule has 2 aromatic rings. The molecule has 4 rings (SSSR count). The van der Waals surface area contributed by atoms with Crippen LogP contribution in [0.2, 0.25) is 0 Å². The Morgan fingerprint density at radius 2 is 1.67 bits per heavy atom. The number of ether oxygens (including phenoxy) is 1. The van der Waals surface area contributed by atoms with Gasteiger partial charge in [-0.05, 0) is 12.1 Å². The Morgan fingerprint density at radius 1 is 0.963 bits per heavy atom. The molecule has 2 aliphatic heterocycles. The van der Waals surface area contributed by atoms with Crippen LogP contribution in [-0.4, -0.2) is 73.3 Å². The van der Waals surface area contributed by atoms with Crippen LogP contribution in [0.15, 0.2) is 36.7 Å². The van der Waals surface area contributed by atoms with E-state index in [9.17, 15) is 9.18 Å². The van der Waals surface area contributed by atoms with Gasteiger partial charge >= 0.3 is 0 Å². The summed E-state index contributed by atoms with van der Waals surface area (Å²) in [5, 5.41) is 0. The lowest BCUT2D eigenvalue weighted by Gasteiger charge is -2.36. The molecule has 0 bridgehead atoms. The number of aromatic nitrogens is 2. The molecule has 1 aromatic heterocycles. The fraction of sp³-hybridized carbons (Fsp3) is 0.421. The highest BCUT2D eigenvalue weighted by atomic mass is 19.1. The SMILES string of the molecule is O=C(c1cc(N2CCN(c3ccccc3F)CC2)ncn1)N1CCOCC1. The number of rotatable bonds is 3. The van der Waals surface area contributed by atoms with Crippen LogP contribution >= 0.6 is 0 Å². The Hall–Kier alpha value is -2.74. The molecular weight excluding hydrogens is 349 g/mol. The first kappa shape index (κ1) is 17.7. The number of carbonyl (C=O) groups is 1. The van der Waals surface area contributed by atoms with Gasteiger partial charge in [0.1, 0.15) is 23.7 Å². The Morgan fingerprint density at radius 3 is 2.41 bits per heavy atom. The molecule has 2 saturated heterocycles. The highest BCUT2D eigenvalue weighted by Crippen LogP contribution is 2.22. The average Bonchev–Trinajstić information content (AvgIpc) is 2.74. The fourth-order valence-corrected chi connectivity index (χ4v) is 3.45. The van der Waals surface area contributed by atoms with Gasteiger partial charge in [-0.1, -0.05) is 12.1 Å². The summed E-state index contributed by atoms with van der Waals surface area (Å²) < 4.78 is 19.3. The molecule has 27 heavy (non-hydrogen) atoms. The summed E-state index contributed by atoms with van der Waals surface area (Å²) in [5.74, 6) is 0.438. The Balaban J connectivity index is 1.43. The van der Waals surface area contributed by atoms with E-state index in [1.54, 1.807) is 23.1 Å². The van der Waals surface area contributed by atoms with E-state index < -0.39 is 0 Å². The van der Waals surface area contributed by atoms with E-state index in [0.717, 1.165) is 5.82 Å². The zero-order valence-electron chi connectivity index (χ0n) is 15.1. The van der Waals surface area contributed by atoms with Crippen molar-refractivity contribution in [1.82, 2.24) is 14.9 Å². The first-order valence-corrected chi connectivity index (χ1v) is 9.16. The molecule has 0 unspecified atom stereocenters. The average molecular weight is 371 g/mol. The number of hydrogen-bond donors (Lipinski definition) is 0. The van der Waals surface area contributed by atoms with Crippen molar-refractivity contribution in [3.63, 3.8) is 0 Å². The van der Waals surface area contributed by atoms with E-state index in [4.69, 9.17) is 4.74 Å². The number of amides is 1. The molecule has 1 aromatic carbocycles. The Labute approximate surface area is 157 Å². The molecule has 0 radical (unpaired) electrons. The Kier molecular flexibility index (Phi) is 5.15. The largest absolute Gasteiger partial charge is 0.378 e. The predicted molar refractivity (Wildman–Crippen MR) is 99.6 cm³/mol. The number of hydrogen-bond acceptors (Lipinski definition) is 6. The molecule has 3 heterocycles. The van der Waals surface area contributed by atoms with E-state index in [0.29, 0.717) is 63.9 Å². The third-order valence-electron chi connectivity index (χ3n) is 4.97. The van der Waals surface area contributed by atoms with Gasteiger partial charge in [0, 0.05) is 45.3 Å². The summed E-state index contributed by atoms with van der Waals surface area (Å²) in [6.07, 6.45) is 1.44. The van der Waals surface area contributed by atoms with Crippen molar-refractivity contribution in [2.75, 3.05) is 62.3 Å². The number of para-hydroxylation sites is 1. The normalized spacial score (nSPS) is 17.9. The van der Waals surface area contributed by atoms with Crippen LogP contribution in [0.3, 0.4) is 0 Å². The van der Waals surface area contributed by atoms with Gasteiger partial charge in [0.25, 0.3) is 5.91 Å². The van der Waals surface area contributed by atoms with Crippen LogP contribution < -0.4 is 9.80 Å². The number of piperazine rings is 1. The molecule has 8 heteroatoms. The molecule has 0 aliphatic carbocycles. The van der Waals surface area contributed by atoms with Gasteiger partial charge in [0.05, 0.1) is 18.9 Å². The van der Waals surface area contributed by atoms with Crippen molar-refractivity contribution in [3.05, 3.63) is 48.2 Å². The molecule has 0 spiro atoms. The van der Waals surface area contributed by atoms with Gasteiger partial charge in [-0.2, -0.15) is 0 Å². The van der Waals surface area contributed by atoms with Crippen LogP contribution in [0, 0.1) is 5.82 Å². The van der Waals surface area contributed by atoms with Gasteiger partial charge < -0.3 is 19.4 Å². The highest BCUT2D eigenvalue weighted by Gasteiger charge is 2.23. The summed E-state index contributed by atoms with van der Waals surface area (Å²) in [5.41, 5.74) is 1.03. The summed E-state index contributed by atoms with van der Waals surface area (Å²) in [7, 11) is 0. The van der Waals surface area contributed by atoms with E-state index in [1.165, 1.54) is 12.4 Å². The molecule has 7 nitrogen and oxygen atoms in total. The minimum absolute atomic E-state index is 0.0908. The molecule has 2 aliphatic rings. The van der Waals surface area contributed by atoms with Crippen molar-refractivity contribution < 1.29 is 13.9 Å². The van der Waals surface area contributed by atoms with Crippen LogP contribution in [0.25, 0.3) is 0 Å². The summed E-state index contributed by atoms with van der Waals surface area (Å²) in [4.78, 5) is 27.0. The zero-order valence-corrected chi connectivity index (χ0v) is 15.1. The molecule has 0 saturated carbocycles. The minimum Gasteiger partial charge on any atom is -0.378 e. The van der Waals surface area contributed by atoms with Crippen LogP contribution in [0.4, 0.5) is 15.9 Å². The van der Waals surface area contributed by atoms with Crippen molar-refractivity contribution in [2.24, 2.45) is 0 Å². The van der Waals surface area contributed by atoms with Crippen molar-refractivity contribution in [3.8, 4) is 0 Å². The first-order valence-electron chi connectivity index (χ1n) is 9.16. The molecule has 142 valence electrons. The maximum absolute atomic E-state index is 14.0. The van der Waals surface area contributed by atoms with Crippen molar-refractivity contribution in [2.45, 2.75) is 0 Å². The number of morpholine rings is 1. The van der Waals surface area contributed by atoms with E-state index in [1.807, 2.05) is 11.0 Å².